The molecule has 0 radical (unpaired) electrons. The van der Waals surface area contributed by atoms with Gasteiger partial charge in [0.05, 0.1) is 24.3 Å². The van der Waals surface area contributed by atoms with Crippen LogP contribution in [0.2, 0.25) is 0 Å². The number of rotatable bonds is 8. The maximum atomic E-state index is 13.2. The highest BCUT2D eigenvalue weighted by molar-refractivity contribution is 7.16. The monoisotopic (exact) mass is 481 g/mol. The SMILES string of the molecule is CC(C)(CC(=O)c1ccc(F)cc1)C(=O)Nc1nc(-c2ccccc2)c(CN2CCOCC2)s1. The molecule has 0 saturated carbocycles. The zero-order valence-corrected chi connectivity index (χ0v) is 20.2. The molecule has 178 valence electrons. The van der Waals surface area contributed by atoms with Crippen LogP contribution in [0.5, 0.6) is 0 Å². The Balaban J connectivity index is 1.50. The first-order valence-corrected chi connectivity index (χ1v) is 12.1. The van der Waals surface area contributed by atoms with Crippen LogP contribution >= 0.6 is 11.3 Å². The summed E-state index contributed by atoms with van der Waals surface area (Å²) in [7, 11) is 0. The minimum absolute atomic E-state index is 0.00200. The Morgan fingerprint density at radius 1 is 1.09 bits per heavy atom. The van der Waals surface area contributed by atoms with Gasteiger partial charge in [0.25, 0.3) is 0 Å². The van der Waals surface area contributed by atoms with E-state index < -0.39 is 11.2 Å². The Kier molecular flexibility index (Phi) is 7.50. The number of aromatic nitrogens is 1. The highest BCUT2D eigenvalue weighted by Gasteiger charge is 2.32. The zero-order valence-electron chi connectivity index (χ0n) is 19.3. The van der Waals surface area contributed by atoms with E-state index >= 15 is 0 Å². The summed E-state index contributed by atoms with van der Waals surface area (Å²) in [5, 5.41) is 3.44. The lowest BCUT2D eigenvalue weighted by Gasteiger charge is -2.26. The number of hydrogen-bond donors (Lipinski definition) is 1. The molecule has 1 aliphatic rings. The minimum Gasteiger partial charge on any atom is -0.379 e. The number of morpholine rings is 1. The van der Waals surface area contributed by atoms with Crippen LogP contribution in [0.3, 0.4) is 0 Å². The molecule has 0 aliphatic carbocycles. The summed E-state index contributed by atoms with van der Waals surface area (Å²) in [6.07, 6.45) is 0.00200. The topological polar surface area (TPSA) is 71.5 Å². The van der Waals surface area contributed by atoms with E-state index in [1.54, 1.807) is 13.8 Å². The number of halogens is 1. The van der Waals surface area contributed by atoms with Gasteiger partial charge >= 0.3 is 0 Å². The van der Waals surface area contributed by atoms with E-state index in [0.29, 0.717) is 23.9 Å². The summed E-state index contributed by atoms with van der Waals surface area (Å²) in [5.74, 6) is -0.897. The Morgan fingerprint density at radius 3 is 2.44 bits per heavy atom. The zero-order chi connectivity index (χ0) is 24.1. The summed E-state index contributed by atoms with van der Waals surface area (Å²) in [5.41, 5.74) is 1.27. The van der Waals surface area contributed by atoms with Crippen LogP contribution < -0.4 is 5.32 Å². The molecule has 2 aromatic carbocycles. The van der Waals surface area contributed by atoms with Crippen LogP contribution in [0.4, 0.5) is 9.52 Å². The van der Waals surface area contributed by atoms with Gasteiger partial charge in [-0.2, -0.15) is 0 Å². The first-order chi connectivity index (χ1) is 16.3. The molecule has 6 nitrogen and oxygen atoms in total. The van der Waals surface area contributed by atoms with Crippen molar-refractivity contribution < 1.29 is 18.7 Å². The number of anilines is 1. The third-order valence-electron chi connectivity index (χ3n) is 5.82. The van der Waals surface area contributed by atoms with Gasteiger partial charge in [0.2, 0.25) is 5.91 Å². The molecule has 1 fully saturated rings. The summed E-state index contributed by atoms with van der Waals surface area (Å²) >= 11 is 1.46. The number of nitrogens with zero attached hydrogens (tertiary/aromatic N) is 2. The molecule has 0 unspecified atom stereocenters. The van der Waals surface area contributed by atoms with Crippen LogP contribution in [0.25, 0.3) is 11.3 Å². The van der Waals surface area contributed by atoms with Gasteiger partial charge in [-0.1, -0.05) is 55.5 Å². The third kappa shape index (κ3) is 5.94. The highest BCUT2D eigenvalue weighted by atomic mass is 32.1. The van der Waals surface area contributed by atoms with Gasteiger partial charge in [0.15, 0.2) is 10.9 Å². The van der Waals surface area contributed by atoms with Gasteiger partial charge in [-0.25, -0.2) is 9.37 Å². The second-order valence-electron chi connectivity index (χ2n) is 8.99. The standard InChI is InChI=1S/C26H28FN3O3S/c1-26(2,16-21(31)18-8-10-20(27)11-9-18)24(32)29-25-28-23(19-6-4-3-5-7-19)22(34-25)17-30-12-14-33-15-13-30/h3-11H,12-17H2,1-2H3,(H,28,29,32). The van der Waals surface area contributed by atoms with Gasteiger partial charge in [-0.3, -0.25) is 14.5 Å². The number of carbonyl (C=O) groups is 2. The number of ether oxygens (including phenoxy) is 1. The summed E-state index contributed by atoms with van der Waals surface area (Å²) in [6, 6.07) is 15.3. The van der Waals surface area contributed by atoms with Crippen molar-refractivity contribution in [3.63, 3.8) is 0 Å². The van der Waals surface area contributed by atoms with Crippen LogP contribution in [0.1, 0.15) is 35.5 Å². The van der Waals surface area contributed by atoms with E-state index in [9.17, 15) is 14.0 Å². The highest BCUT2D eigenvalue weighted by Crippen LogP contribution is 2.34. The molecule has 0 atom stereocenters. The van der Waals surface area contributed by atoms with E-state index in [1.165, 1.54) is 35.6 Å². The van der Waals surface area contributed by atoms with Crippen molar-refractivity contribution in [3.05, 3.63) is 70.9 Å². The normalized spacial score (nSPS) is 14.7. The third-order valence-corrected chi connectivity index (χ3v) is 6.77. The molecule has 0 bridgehead atoms. The Morgan fingerprint density at radius 2 is 1.76 bits per heavy atom. The smallest absolute Gasteiger partial charge is 0.232 e. The van der Waals surface area contributed by atoms with Gasteiger partial charge < -0.3 is 10.1 Å². The van der Waals surface area contributed by atoms with E-state index in [-0.39, 0.29) is 18.1 Å². The number of hydrogen-bond acceptors (Lipinski definition) is 6. The molecular weight excluding hydrogens is 453 g/mol. The number of Topliss-reactive ketones (excluding diaryl/α,β-unsaturated/α-hetero) is 1. The van der Waals surface area contributed by atoms with Crippen LogP contribution in [-0.4, -0.2) is 47.9 Å². The fourth-order valence-corrected chi connectivity index (χ4v) is 4.80. The van der Waals surface area contributed by atoms with Crippen molar-refractivity contribution in [1.82, 2.24) is 9.88 Å². The largest absolute Gasteiger partial charge is 0.379 e. The maximum Gasteiger partial charge on any atom is 0.232 e. The molecule has 34 heavy (non-hydrogen) atoms. The van der Waals surface area contributed by atoms with Gasteiger partial charge in [-0.05, 0) is 24.3 Å². The minimum atomic E-state index is -0.964. The molecule has 4 rings (SSSR count). The van der Waals surface area contributed by atoms with Crippen molar-refractivity contribution in [2.75, 3.05) is 31.6 Å². The number of carbonyl (C=O) groups excluding carboxylic acids is 2. The molecule has 1 N–H and O–H groups in total. The first kappa shape index (κ1) is 24.2. The molecule has 2 heterocycles. The number of nitrogens with one attached hydrogen (secondary N) is 1. The van der Waals surface area contributed by atoms with Crippen LogP contribution in [0, 0.1) is 11.2 Å². The molecule has 1 aliphatic heterocycles. The predicted octanol–water partition coefficient (Wildman–Crippen LogP) is 5.02. The van der Waals surface area contributed by atoms with Crippen LogP contribution in [0.15, 0.2) is 54.6 Å². The maximum absolute atomic E-state index is 13.2. The second-order valence-corrected chi connectivity index (χ2v) is 10.1. The summed E-state index contributed by atoms with van der Waals surface area (Å²) in [4.78, 5) is 33.9. The predicted molar refractivity (Wildman–Crippen MR) is 131 cm³/mol. The van der Waals surface area contributed by atoms with Crippen LogP contribution in [-0.2, 0) is 16.1 Å². The van der Waals surface area contributed by atoms with Gasteiger partial charge in [-0.15, -0.1) is 0 Å². The lowest BCUT2D eigenvalue weighted by molar-refractivity contribution is -0.123. The molecule has 8 heteroatoms. The average molecular weight is 482 g/mol. The van der Waals surface area contributed by atoms with Crippen molar-refractivity contribution in [2.45, 2.75) is 26.8 Å². The first-order valence-electron chi connectivity index (χ1n) is 11.3. The summed E-state index contributed by atoms with van der Waals surface area (Å²) < 4.78 is 18.6. The molecule has 1 aromatic heterocycles. The fraction of sp³-hybridized carbons (Fsp3) is 0.346. The lowest BCUT2D eigenvalue weighted by atomic mass is 9.84. The van der Waals surface area contributed by atoms with E-state index in [0.717, 1.165) is 35.8 Å². The van der Waals surface area contributed by atoms with Crippen molar-refractivity contribution in [3.8, 4) is 11.3 Å². The number of ketones is 1. The summed E-state index contributed by atoms with van der Waals surface area (Å²) in [6.45, 7) is 7.30. The number of amides is 1. The molecular formula is C26H28FN3O3S. The Labute approximate surface area is 202 Å². The fourth-order valence-electron chi connectivity index (χ4n) is 3.78. The number of benzene rings is 2. The Hall–Kier alpha value is -2.94. The Bertz CT molecular complexity index is 1140. The van der Waals surface area contributed by atoms with Crippen molar-refractivity contribution >= 4 is 28.2 Å². The van der Waals surface area contributed by atoms with E-state index in [1.807, 2.05) is 30.3 Å². The second kappa shape index (κ2) is 10.5. The lowest BCUT2D eigenvalue weighted by Crippen LogP contribution is -2.35. The molecule has 3 aromatic rings. The molecule has 0 spiro atoms. The number of thiazole rings is 1. The van der Waals surface area contributed by atoms with Gasteiger partial charge in [0, 0.05) is 42.1 Å². The van der Waals surface area contributed by atoms with Crippen molar-refractivity contribution in [2.24, 2.45) is 5.41 Å². The van der Waals surface area contributed by atoms with E-state index in [2.05, 4.69) is 10.2 Å². The molecule has 1 saturated heterocycles. The van der Waals surface area contributed by atoms with Gasteiger partial charge in [0.1, 0.15) is 5.82 Å². The van der Waals surface area contributed by atoms with E-state index in [4.69, 9.17) is 9.72 Å². The van der Waals surface area contributed by atoms with Crippen molar-refractivity contribution in [1.29, 1.82) is 0 Å². The molecule has 1 amide bonds. The average Bonchev–Trinajstić information content (AvgIpc) is 3.22. The quantitative estimate of drug-likeness (QED) is 0.458.